The van der Waals surface area contributed by atoms with Crippen molar-refractivity contribution in [1.29, 1.82) is 0 Å². The second-order valence-electron chi connectivity index (χ2n) is 14.5. The van der Waals surface area contributed by atoms with Gasteiger partial charge in [-0.15, -0.1) is 0 Å². The highest BCUT2D eigenvalue weighted by Crippen LogP contribution is 2.40. The summed E-state index contributed by atoms with van der Waals surface area (Å²) in [5, 5.41) is 4.71. The van der Waals surface area contributed by atoms with Crippen LogP contribution in [0.25, 0.3) is 105 Å². The molecular formula is C54H35NO. The van der Waals surface area contributed by atoms with Gasteiger partial charge in [0.25, 0.3) is 0 Å². The second kappa shape index (κ2) is 13.2. The van der Waals surface area contributed by atoms with E-state index in [1.165, 1.54) is 60.8 Å². The van der Waals surface area contributed by atoms with Crippen LogP contribution in [-0.4, -0.2) is 4.57 Å². The fourth-order valence-corrected chi connectivity index (χ4v) is 8.47. The summed E-state index contributed by atoms with van der Waals surface area (Å²) in [5.74, 6) is 0. The lowest BCUT2D eigenvalue weighted by molar-refractivity contribution is 0.670. The second-order valence-corrected chi connectivity index (χ2v) is 14.5. The normalized spacial score (nSPS) is 11.6. The zero-order valence-electron chi connectivity index (χ0n) is 30.6. The predicted octanol–water partition coefficient (Wildman–Crippen LogP) is 15.0. The Kier molecular flexibility index (Phi) is 7.53. The third-order valence-corrected chi connectivity index (χ3v) is 11.2. The van der Waals surface area contributed by atoms with Crippen LogP contribution in [0.15, 0.2) is 217 Å². The SMILES string of the molecule is c1ccc(-c2cccc(-c3cccc(-c4ccc5oc6c(-c7cccc(-n8c9ccccc9c9cc(-c%10ccccc%10)ccc98)c7)cccc6c5c4)c3)c2)cc1. The number of rotatable bonds is 6. The van der Waals surface area contributed by atoms with Crippen LogP contribution in [0.4, 0.5) is 0 Å². The number of furan rings is 1. The van der Waals surface area contributed by atoms with E-state index < -0.39 is 0 Å². The first-order valence-corrected chi connectivity index (χ1v) is 19.2. The molecular weight excluding hydrogens is 679 g/mol. The third-order valence-electron chi connectivity index (χ3n) is 11.2. The highest BCUT2D eigenvalue weighted by molar-refractivity contribution is 6.12. The molecule has 0 atom stereocenters. The number of aromatic nitrogens is 1. The molecule has 0 radical (unpaired) electrons. The Morgan fingerprint density at radius 2 is 0.786 bits per heavy atom. The van der Waals surface area contributed by atoms with Crippen LogP contribution >= 0.6 is 0 Å². The minimum atomic E-state index is 0.885. The largest absolute Gasteiger partial charge is 0.455 e. The van der Waals surface area contributed by atoms with Crippen molar-refractivity contribution in [2.75, 3.05) is 0 Å². The summed E-state index contributed by atoms with van der Waals surface area (Å²) >= 11 is 0. The maximum Gasteiger partial charge on any atom is 0.143 e. The van der Waals surface area contributed by atoms with Crippen LogP contribution in [0.3, 0.4) is 0 Å². The van der Waals surface area contributed by atoms with Crippen LogP contribution in [0, 0.1) is 0 Å². The molecule has 56 heavy (non-hydrogen) atoms. The molecule has 11 rings (SSSR count). The molecule has 0 aliphatic heterocycles. The maximum absolute atomic E-state index is 6.70. The van der Waals surface area contributed by atoms with Gasteiger partial charge < -0.3 is 8.98 Å². The number of fused-ring (bicyclic) bond motifs is 6. The summed E-state index contributed by atoms with van der Waals surface area (Å²) in [4.78, 5) is 0. The first-order chi connectivity index (χ1) is 27.7. The molecule has 0 unspecified atom stereocenters. The zero-order valence-corrected chi connectivity index (χ0v) is 30.6. The van der Waals surface area contributed by atoms with E-state index in [1.807, 2.05) is 0 Å². The van der Waals surface area contributed by atoms with Gasteiger partial charge in [0.1, 0.15) is 11.2 Å². The van der Waals surface area contributed by atoms with E-state index in [0.29, 0.717) is 0 Å². The number of hydrogen-bond donors (Lipinski definition) is 0. The molecule has 2 heterocycles. The summed E-state index contributed by atoms with van der Waals surface area (Å²) in [6.45, 7) is 0. The molecule has 0 aliphatic rings. The van der Waals surface area contributed by atoms with Crippen LogP contribution in [0.5, 0.6) is 0 Å². The molecule has 0 bridgehead atoms. The summed E-state index contributed by atoms with van der Waals surface area (Å²) < 4.78 is 9.09. The van der Waals surface area contributed by atoms with Gasteiger partial charge in [0, 0.05) is 32.8 Å². The van der Waals surface area contributed by atoms with Crippen molar-refractivity contribution in [2.45, 2.75) is 0 Å². The van der Waals surface area contributed by atoms with Gasteiger partial charge in [0.2, 0.25) is 0 Å². The standard InChI is InChI=1S/C54H35NO/c1-3-13-36(14-4-1)38-17-9-18-39(31-38)40-19-10-20-41(32-40)43-28-30-53-50(35-43)48-25-12-24-46(54(48)56-53)44-21-11-22-45(33-44)55-51-26-8-7-23-47(51)49-34-42(27-29-52(49)55)37-15-5-2-6-16-37/h1-35H. The molecule has 2 nitrogen and oxygen atoms in total. The van der Waals surface area contributed by atoms with Crippen molar-refractivity contribution >= 4 is 43.7 Å². The van der Waals surface area contributed by atoms with Crippen LogP contribution in [0.1, 0.15) is 0 Å². The molecule has 0 spiro atoms. The number of para-hydroxylation sites is 2. The third kappa shape index (κ3) is 5.42. The van der Waals surface area contributed by atoms with Crippen molar-refractivity contribution in [2.24, 2.45) is 0 Å². The van der Waals surface area contributed by atoms with Crippen molar-refractivity contribution in [3.8, 4) is 61.3 Å². The fourth-order valence-electron chi connectivity index (χ4n) is 8.47. The van der Waals surface area contributed by atoms with E-state index in [9.17, 15) is 0 Å². The maximum atomic E-state index is 6.70. The lowest BCUT2D eigenvalue weighted by Crippen LogP contribution is -1.94. The molecule has 0 saturated heterocycles. The van der Waals surface area contributed by atoms with E-state index in [2.05, 4.69) is 217 Å². The molecule has 2 aromatic heterocycles. The van der Waals surface area contributed by atoms with E-state index in [1.54, 1.807) is 0 Å². The van der Waals surface area contributed by atoms with Gasteiger partial charge in [0.05, 0.1) is 11.0 Å². The Morgan fingerprint density at radius 1 is 0.286 bits per heavy atom. The fraction of sp³-hybridized carbons (Fsp3) is 0. The molecule has 0 saturated carbocycles. The van der Waals surface area contributed by atoms with Gasteiger partial charge in [-0.1, -0.05) is 158 Å². The molecule has 0 N–H and O–H groups in total. The van der Waals surface area contributed by atoms with Gasteiger partial charge in [-0.25, -0.2) is 0 Å². The van der Waals surface area contributed by atoms with E-state index in [4.69, 9.17) is 4.42 Å². The average Bonchev–Trinajstić information content (AvgIpc) is 3.82. The van der Waals surface area contributed by atoms with Gasteiger partial charge >= 0.3 is 0 Å². The van der Waals surface area contributed by atoms with E-state index in [0.717, 1.165) is 44.3 Å². The van der Waals surface area contributed by atoms with Gasteiger partial charge in [-0.05, 0) is 105 Å². The van der Waals surface area contributed by atoms with Crippen molar-refractivity contribution < 1.29 is 4.42 Å². The van der Waals surface area contributed by atoms with Crippen LogP contribution < -0.4 is 0 Å². The van der Waals surface area contributed by atoms with Crippen molar-refractivity contribution in [3.05, 3.63) is 212 Å². The monoisotopic (exact) mass is 713 g/mol. The molecule has 9 aromatic carbocycles. The Balaban J connectivity index is 0.981. The highest BCUT2D eigenvalue weighted by atomic mass is 16.3. The number of hydrogen-bond acceptors (Lipinski definition) is 1. The number of nitrogens with zero attached hydrogens (tertiary/aromatic N) is 1. The van der Waals surface area contributed by atoms with Gasteiger partial charge in [0.15, 0.2) is 0 Å². The topological polar surface area (TPSA) is 18.1 Å². The Hall–Kier alpha value is -7.42. The van der Waals surface area contributed by atoms with E-state index in [-0.39, 0.29) is 0 Å². The molecule has 262 valence electrons. The minimum absolute atomic E-state index is 0.885. The smallest absolute Gasteiger partial charge is 0.143 e. The van der Waals surface area contributed by atoms with Gasteiger partial charge in [-0.2, -0.15) is 0 Å². The lowest BCUT2D eigenvalue weighted by Gasteiger charge is -2.11. The number of benzene rings is 9. The summed E-state index contributed by atoms with van der Waals surface area (Å²) in [6.07, 6.45) is 0. The molecule has 2 heteroatoms. The Bertz CT molecular complexity index is 3240. The molecule has 0 amide bonds. The quantitative estimate of drug-likeness (QED) is 0.168. The van der Waals surface area contributed by atoms with Crippen LogP contribution in [0.2, 0.25) is 0 Å². The van der Waals surface area contributed by atoms with Crippen molar-refractivity contribution in [1.82, 2.24) is 4.57 Å². The first kappa shape index (κ1) is 32.0. The Labute approximate surface area is 325 Å². The highest BCUT2D eigenvalue weighted by Gasteiger charge is 2.17. The summed E-state index contributed by atoms with van der Waals surface area (Å²) in [7, 11) is 0. The summed E-state index contributed by atoms with van der Waals surface area (Å²) in [5.41, 5.74) is 17.1. The Morgan fingerprint density at radius 3 is 1.52 bits per heavy atom. The van der Waals surface area contributed by atoms with Crippen LogP contribution in [-0.2, 0) is 0 Å². The van der Waals surface area contributed by atoms with E-state index >= 15 is 0 Å². The predicted molar refractivity (Wildman–Crippen MR) is 235 cm³/mol. The average molecular weight is 714 g/mol. The first-order valence-electron chi connectivity index (χ1n) is 19.2. The van der Waals surface area contributed by atoms with Gasteiger partial charge in [-0.3, -0.25) is 0 Å². The molecule has 11 aromatic rings. The molecule has 0 fully saturated rings. The molecule has 0 aliphatic carbocycles. The minimum Gasteiger partial charge on any atom is -0.455 e. The lowest BCUT2D eigenvalue weighted by atomic mass is 9.95. The summed E-state index contributed by atoms with van der Waals surface area (Å²) in [6, 6.07) is 76.3. The van der Waals surface area contributed by atoms with Crippen molar-refractivity contribution in [3.63, 3.8) is 0 Å². The zero-order chi connectivity index (χ0) is 37.0.